The lowest BCUT2D eigenvalue weighted by Gasteiger charge is -2.37. The van der Waals surface area contributed by atoms with Crippen molar-refractivity contribution in [2.75, 3.05) is 0 Å². The van der Waals surface area contributed by atoms with E-state index in [1.165, 1.54) is 17.8 Å². The highest BCUT2D eigenvalue weighted by Gasteiger charge is 2.31. The van der Waals surface area contributed by atoms with Crippen molar-refractivity contribution >= 4 is 22.6 Å². The summed E-state index contributed by atoms with van der Waals surface area (Å²) in [5, 5.41) is 10.8. The fourth-order valence-electron chi connectivity index (χ4n) is 3.10. The van der Waals surface area contributed by atoms with E-state index in [-0.39, 0.29) is 9.92 Å². The molecule has 5 heteroatoms. The number of nitrogens with zero attached hydrogens (tertiary/aromatic N) is 2. The van der Waals surface area contributed by atoms with Crippen LogP contribution in [0.1, 0.15) is 44.9 Å². The predicted octanol–water partition coefficient (Wildman–Crippen LogP) is 4.29. The third-order valence-corrected chi connectivity index (χ3v) is 4.54. The molecule has 0 amide bonds. The Labute approximate surface area is 117 Å². The van der Waals surface area contributed by atoms with Crippen LogP contribution < -0.4 is 0 Å². The van der Waals surface area contributed by atoms with E-state index in [2.05, 4.69) is 25.8 Å². The fraction of sp³-hybridized carbons (Fsp3) is 0.643. The van der Waals surface area contributed by atoms with E-state index in [1.54, 1.807) is 18.3 Å². The summed E-state index contributed by atoms with van der Waals surface area (Å²) in [4.78, 5) is 15.8. The van der Waals surface area contributed by atoms with Gasteiger partial charge in [0.25, 0.3) is 0 Å². The summed E-state index contributed by atoms with van der Waals surface area (Å²) in [5.41, 5.74) is 0.348. The zero-order valence-electron chi connectivity index (χ0n) is 11.6. The van der Waals surface area contributed by atoms with Gasteiger partial charge in [-0.05, 0) is 36.7 Å². The van der Waals surface area contributed by atoms with Crippen molar-refractivity contribution in [2.24, 2.45) is 16.3 Å². The van der Waals surface area contributed by atoms with E-state index in [0.717, 1.165) is 17.7 Å². The third-order valence-electron chi connectivity index (χ3n) is 3.57. The molecule has 1 aromatic heterocycles. The average molecular weight is 280 g/mol. The van der Waals surface area contributed by atoms with Crippen LogP contribution in [0.3, 0.4) is 0 Å². The van der Waals surface area contributed by atoms with Crippen LogP contribution >= 0.6 is 11.3 Å². The molecule has 4 nitrogen and oxygen atoms in total. The van der Waals surface area contributed by atoms with Crippen LogP contribution in [0.2, 0.25) is 0 Å². The zero-order chi connectivity index (χ0) is 14.0. The van der Waals surface area contributed by atoms with Gasteiger partial charge in [-0.3, -0.25) is 15.1 Å². The minimum atomic E-state index is -0.353. The summed E-state index contributed by atoms with van der Waals surface area (Å²) in [7, 11) is 0. The van der Waals surface area contributed by atoms with Gasteiger partial charge in [-0.25, -0.2) is 0 Å². The highest BCUT2D eigenvalue weighted by molar-refractivity contribution is 7.16. The molecule has 1 aliphatic carbocycles. The SMILES string of the molecule is C[C@@H]1C[C@@H](N=Cc2ccc([N+](=O)[O-])s2)CC(C)(C)C1. The van der Waals surface area contributed by atoms with Gasteiger partial charge in [0, 0.05) is 12.3 Å². The molecule has 1 aromatic rings. The van der Waals surface area contributed by atoms with Crippen LogP contribution in [-0.2, 0) is 0 Å². The first kappa shape index (κ1) is 14.2. The summed E-state index contributed by atoms with van der Waals surface area (Å²) in [6.07, 6.45) is 5.27. The molecule has 104 valence electrons. The smallest absolute Gasteiger partial charge is 0.288 e. The molecule has 19 heavy (non-hydrogen) atoms. The maximum atomic E-state index is 10.6. The van der Waals surface area contributed by atoms with Crippen LogP contribution in [0, 0.1) is 21.4 Å². The van der Waals surface area contributed by atoms with Gasteiger partial charge < -0.3 is 0 Å². The van der Waals surface area contributed by atoms with Gasteiger partial charge in [0.1, 0.15) is 0 Å². The predicted molar refractivity (Wildman–Crippen MR) is 79.2 cm³/mol. The second kappa shape index (κ2) is 5.41. The summed E-state index contributed by atoms with van der Waals surface area (Å²) in [5.74, 6) is 0.698. The normalized spacial score (nSPS) is 26.7. The first-order valence-electron chi connectivity index (χ1n) is 6.63. The Morgan fingerprint density at radius 1 is 1.47 bits per heavy atom. The van der Waals surface area contributed by atoms with E-state index in [1.807, 2.05) is 0 Å². The molecule has 0 spiro atoms. The Bertz CT molecular complexity index is 493. The molecule has 1 saturated carbocycles. The molecule has 0 bridgehead atoms. The molecule has 0 aromatic carbocycles. The average Bonchev–Trinajstić information content (AvgIpc) is 2.72. The number of hydrogen-bond donors (Lipinski definition) is 0. The van der Waals surface area contributed by atoms with Crippen LogP contribution in [0.5, 0.6) is 0 Å². The minimum absolute atomic E-state index is 0.179. The zero-order valence-corrected chi connectivity index (χ0v) is 12.4. The minimum Gasteiger partial charge on any atom is -0.288 e. The third kappa shape index (κ3) is 3.86. The quantitative estimate of drug-likeness (QED) is 0.471. The summed E-state index contributed by atoms with van der Waals surface area (Å²) in [6.45, 7) is 6.86. The molecular formula is C14H20N2O2S. The van der Waals surface area contributed by atoms with Gasteiger partial charge in [0.05, 0.1) is 15.8 Å². The lowest BCUT2D eigenvalue weighted by molar-refractivity contribution is -0.380. The number of nitro groups is 1. The molecule has 1 heterocycles. The highest BCUT2D eigenvalue weighted by atomic mass is 32.1. The number of rotatable bonds is 3. The molecule has 0 aliphatic heterocycles. The molecular weight excluding hydrogens is 260 g/mol. The Morgan fingerprint density at radius 3 is 2.79 bits per heavy atom. The first-order valence-corrected chi connectivity index (χ1v) is 7.45. The molecule has 0 N–H and O–H groups in total. The lowest BCUT2D eigenvalue weighted by Crippen LogP contribution is -2.29. The Hall–Kier alpha value is -1.23. The van der Waals surface area contributed by atoms with E-state index in [4.69, 9.17) is 0 Å². The summed E-state index contributed by atoms with van der Waals surface area (Å²) in [6, 6.07) is 3.66. The molecule has 0 saturated heterocycles. The maximum absolute atomic E-state index is 10.6. The lowest BCUT2D eigenvalue weighted by atomic mass is 9.71. The molecule has 0 radical (unpaired) electrons. The van der Waals surface area contributed by atoms with Gasteiger partial charge in [-0.2, -0.15) is 0 Å². The van der Waals surface area contributed by atoms with E-state index >= 15 is 0 Å². The van der Waals surface area contributed by atoms with Gasteiger partial charge in [-0.1, -0.05) is 32.1 Å². The van der Waals surface area contributed by atoms with Crippen molar-refractivity contribution in [3.63, 3.8) is 0 Å². The summed E-state index contributed by atoms with van der Waals surface area (Å²) < 4.78 is 0. The Morgan fingerprint density at radius 2 is 2.21 bits per heavy atom. The van der Waals surface area contributed by atoms with Crippen LogP contribution in [0.25, 0.3) is 0 Å². The van der Waals surface area contributed by atoms with E-state index < -0.39 is 0 Å². The molecule has 0 unspecified atom stereocenters. The first-order chi connectivity index (χ1) is 8.85. The Kier molecular flexibility index (Phi) is 4.04. The van der Waals surface area contributed by atoms with Crippen molar-refractivity contribution in [2.45, 2.75) is 46.1 Å². The topological polar surface area (TPSA) is 55.5 Å². The monoisotopic (exact) mass is 280 g/mol. The van der Waals surface area contributed by atoms with Crippen molar-refractivity contribution in [3.8, 4) is 0 Å². The molecule has 2 rings (SSSR count). The second-order valence-corrected chi connectivity index (χ2v) is 7.37. The number of aliphatic imine (C=N–C) groups is 1. The van der Waals surface area contributed by atoms with Crippen LogP contribution in [0.15, 0.2) is 17.1 Å². The van der Waals surface area contributed by atoms with E-state index in [9.17, 15) is 10.1 Å². The standard InChI is InChI=1S/C14H20N2O2S/c1-10-6-11(8-14(2,3)7-10)15-9-12-4-5-13(19-12)16(17)18/h4-5,9-11H,6-8H2,1-3H3/t10-,11-/m1/s1. The van der Waals surface area contributed by atoms with Crippen molar-refractivity contribution < 1.29 is 4.92 Å². The highest BCUT2D eigenvalue weighted by Crippen LogP contribution is 2.39. The summed E-state index contributed by atoms with van der Waals surface area (Å²) >= 11 is 1.18. The molecule has 1 fully saturated rings. The van der Waals surface area contributed by atoms with E-state index in [0.29, 0.717) is 17.4 Å². The van der Waals surface area contributed by atoms with Crippen LogP contribution in [-0.4, -0.2) is 17.2 Å². The second-order valence-electron chi connectivity index (χ2n) is 6.28. The van der Waals surface area contributed by atoms with Crippen molar-refractivity contribution in [1.29, 1.82) is 0 Å². The van der Waals surface area contributed by atoms with Crippen molar-refractivity contribution in [1.82, 2.24) is 0 Å². The number of hydrogen-bond acceptors (Lipinski definition) is 4. The van der Waals surface area contributed by atoms with Gasteiger partial charge in [0.15, 0.2) is 0 Å². The molecule has 1 aliphatic rings. The largest absolute Gasteiger partial charge is 0.324 e. The molecule has 2 atom stereocenters. The van der Waals surface area contributed by atoms with Crippen molar-refractivity contribution in [3.05, 3.63) is 27.1 Å². The van der Waals surface area contributed by atoms with Gasteiger partial charge >= 0.3 is 5.00 Å². The Balaban J connectivity index is 2.03. The van der Waals surface area contributed by atoms with Gasteiger partial charge in [0.2, 0.25) is 0 Å². The van der Waals surface area contributed by atoms with Gasteiger partial charge in [-0.15, -0.1) is 0 Å². The fourth-order valence-corrected chi connectivity index (χ4v) is 3.80. The van der Waals surface area contributed by atoms with Crippen LogP contribution in [0.4, 0.5) is 5.00 Å². The maximum Gasteiger partial charge on any atom is 0.324 e. The number of thiophene rings is 1.